The van der Waals surface area contributed by atoms with Crippen LogP contribution >= 0.6 is 0 Å². The van der Waals surface area contributed by atoms with Crippen LogP contribution in [0.1, 0.15) is 18.1 Å². The quantitative estimate of drug-likeness (QED) is 0.570. The van der Waals surface area contributed by atoms with E-state index in [1.165, 1.54) is 23.5 Å². The summed E-state index contributed by atoms with van der Waals surface area (Å²) in [5.74, 6) is 0.777. The summed E-state index contributed by atoms with van der Waals surface area (Å²) in [5, 5.41) is 6.62. The van der Waals surface area contributed by atoms with Crippen LogP contribution in [0.5, 0.6) is 0 Å². The zero-order chi connectivity index (χ0) is 16.2. The van der Waals surface area contributed by atoms with E-state index in [9.17, 15) is 0 Å². The standard InChI is InChI=1S/C17H18N6/c1-2-12-7-21-17(15-6-4-3-5-14(12)15)23-10-13(8-22-23)16(19)9-20-11-18/h3-11H,2,19H2,1H3,(H2,18,20)/b16-9-. The first kappa shape index (κ1) is 14.8. The second kappa shape index (κ2) is 6.31. The fourth-order valence-corrected chi connectivity index (χ4v) is 2.49. The van der Waals surface area contributed by atoms with Crippen LogP contribution in [0.4, 0.5) is 0 Å². The first-order chi connectivity index (χ1) is 11.2. The number of hydrogen-bond acceptors (Lipinski definition) is 4. The minimum atomic E-state index is 0.493. The Labute approximate surface area is 134 Å². The highest BCUT2D eigenvalue weighted by molar-refractivity contribution is 5.91. The van der Waals surface area contributed by atoms with E-state index in [0.29, 0.717) is 5.70 Å². The number of aryl methyl sites for hydroxylation is 1. The Hall–Kier alpha value is -3.15. The molecule has 0 aliphatic heterocycles. The van der Waals surface area contributed by atoms with E-state index >= 15 is 0 Å². The van der Waals surface area contributed by atoms with E-state index in [-0.39, 0.29) is 0 Å². The Kier molecular flexibility index (Phi) is 4.05. The van der Waals surface area contributed by atoms with Crippen molar-refractivity contribution in [3.63, 3.8) is 0 Å². The predicted molar refractivity (Wildman–Crippen MR) is 93.1 cm³/mol. The number of benzene rings is 1. The lowest BCUT2D eigenvalue weighted by atomic mass is 10.1. The molecule has 23 heavy (non-hydrogen) atoms. The van der Waals surface area contributed by atoms with Gasteiger partial charge in [-0.3, -0.25) is 0 Å². The van der Waals surface area contributed by atoms with Crippen LogP contribution in [0.15, 0.2) is 54.0 Å². The minimum absolute atomic E-state index is 0.493. The third kappa shape index (κ3) is 2.78. The normalized spacial score (nSPS) is 12.3. The second-order valence-corrected chi connectivity index (χ2v) is 5.06. The molecule has 0 bridgehead atoms. The summed E-state index contributed by atoms with van der Waals surface area (Å²) in [4.78, 5) is 8.39. The number of fused-ring (bicyclic) bond motifs is 1. The molecule has 0 atom stereocenters. The maximum atomic E-state index is 5.95. The molecule has 3 rings (SSSR count). The van der Waals surface area contributed by atoms with Crippen LogP contribution in [-0.4, -0.2) is 21.1 Å². The lowest BCUT2D eigenvalue weighted by Gasteiger charge is -2.09. The number of pyridine rings is 1. The van der Waals surface area contributed by atoms with Gasteiger partial charge < -0.3 is 11.5 Å². The van der Waals surface area contributed by atoms with Gasteiger partial charge in [0.2, 0.25) is 0 Å². The summed E-state index contributed by atoms with van der Waals surface area (Å²) in [6.45, 7) is 2.12. The molecule has 0 aliphatic rings. The number of nitrogens with zero attached hydrogens (tertiary/aromatic N) is 4. The van der Waals surface area contributed by atoms with Crippen LogP contribution < -0.4 is 11.5 Å². The van der Waals surface area contributed by atoms with Crippen LogP contribution in [0, 0.1) is 0 Å². The predicted octanol–water partition coefficient (Wildman–Crippen LogP) is 2.23. The summed E-state index contributed by atoms with van der Waals surface area (Å²) >= 11 is 0. The number of hydrogen-bond donors (Lipinski definition) is 2. The van der Waals surface area contributed by atoms with Gasteiger partial charge in [-0.2, -0.15) is 5.10 Å². The first-order valence-corrected chi connectivity index (χ1v) is 7.35. The molecular weight excluding hydrogens is 288 g/mol. The molecule has 6 heteroatoms. The molecular formula is C17H18N6. The van der Waals surface area contributed by atoms with Gasteiger partial charge in [-0.15, -0.1) is 0 Å². The summed E-state index contributed by atoms with van der Waals surface area (Å²) in [6.07, 6.45) is 9.03. The third-order valence-corrected chi connectivity index (χ3v) is 3.67. The van der Waals surface area contributed by atoms with E-state index in [2.05, 4.69) is 34.1 Å². The second-order valence-electron chi connectivity index (χ2n) is 5.06. The molecule has 6 nitrogen and oxygen atoms in total. The number of aromatic nitrogens is 3. The lowest BCUT2D eigenvalue weighted by Crippen LogP contribution is -2.01. The Bertz CT molecular complexity index is 891. The average Bonchev–Trinajstić information content (AvgIpc) is 3.08. The van der Waals surface area contributed by atoms with Gasteiger partial charge in [-0.1, -0.05) is 31.2 Å². The molecule has 0 amide bonds. The van der Waals surface area contributed by atoms with Gasteiger partial charge in [0.15, 0.2) is 5.82 Å². The van der Waals surface area contributed by atoms with E-state index < -0.39 is 0 Å². The van der Waals surface area contributed by atoms with Gasteiger partial charge in [0.25, 0.3) is 0 Å². The molecule has 116 valence electrons. The summed E-state index contributed by atoms with van der Waals surface area (Å²) in [6, 6.07) is 8.19. The average molecular weight is 306 g/mol. The molecule has 3 aromatic rings. The van der Waals surface area contributed by atoms with E-state index in [4.69, 9.17) is 11.5 Å². The topological polar surface area (TPSA) is 95.1 Å². The van der Waals surface area contributed by atoms with Crippen molar-refractivity contribution in [1.29, 1.82) is 0 Å². The minimum Gasteiger partial charge on any atom is -0.397 e. The molecule has 2 aromatic heterocycles. The van der Waals surface area contributed by atoms with Gasteiger partial charge in [0.1, 0.15) is 0 Å². The molecule has 4 N–H and O–H groups in total. The highest BCUT2D eigenvalue weighted by Gasteiger charge is 2.10. The van der Waals surface area contributed by atoms with Gasteiger partial charge in [-0.25, -0.2) is 14.7 Å². The first-order valence-electron chi connectivity index (χ1n) is 7.35. The molecule has 0 unspecified atom stereocenters. The van der Waals surface area contributed by atoms with Crippen molar-refractivity contribution in [2.75, 3.05) is 0 Å². The molecule has 0 fully saturated rings. The van der Waals surface area contributed by atoms with Crippen molar-refractivity contribution in [3.8, 4) is 5.82 Å². The summed E-state index contributed by atoms with van der Waals surface area (Å²) in [5.41, 5.74) is 13.6. The largest absolute Gasteiger partial charge is 0.397 e. The van der Waals surface area contributed by atoms with Crippen LogP contribution in [0.25, 0.3) is 22.3 Å². The molecule has 0 radical (unpaired) electrons. The fraction of sp³-hybridized carbons (Fsp3) is 0.118. The van der Waals surface area contributed by atoms with E-state index in [0.717, 1.165) is 23.2 Å². The Morgan fingerprint density at radius 3 is 2.78 bits per heavy atom. The number of nitrogens with two attached hydrogens (primary N) is 2. The molecule has 0 saturated heterocycles. The molecule has 0 aliphatic carbocycles. The third-order valence-electron chi connectivity index (χ3n) is 3.67. The maximum absolute atomic E-state index is 5.95. The van der Waals surface area contributed by atoms with Crippen molar-refractivity contribution < 1.29 is 0 Å². The highest BCUT2D eigenvalue weighted by Crippen LogP contribution is 2.24. The van der Waals surface area contributed by atoms with Crippen molar-refractivity contribution in [1.82, 2.24) is 14.8 Å². The van der Waals surface area contributed by atoms with Crippen LogP contribution in [-0.2, 0) is 6.42 Å². The zero-order valence-electron chi connectivity index (χ0n) is 12.8. The highest BCUT2D eigenvalue weighted by atomic mass is 15.3. The molecule has 0 saturated carbocycles. The van der Waals surface area contributed by atoms with Gasteiger partial charge in [0.05, 0.1) is 24.4 Å². The summed E-state index contributed by atoms with van der Waals surface area (Å²) in [7, 11) is 0. The number of aliphatic imine (C=N–C) groups is 1. The van der Waals surface area contributed by atoms with Crippen molar-refractivity contribution >= 4 is 22.8 Å². The van der Waals surface area contributed by atoms with Crippen molar-refractivity contribution in [2.24, 2.45) is 16.5 Å². The lowest BCUT2D eigenvalue weighted by molar-refractivity contribution is 0.853. The maximum Gasteiger partial charge on any atom is 0.161 e. The fourth-order valence-electron chi connectivity index (χ4n) is 2.49. The number of rotatable bonds is 4. The smallest absolute Gasteiger partial charge is 0.161 e. The zero-order valence-corrected chi connectivity index (χ0v) is 12.8. The van der Waals surface area contributed by atoms with Gasteiger partial charge in [0, 0.05) is 23.3 Å². The van der Waals surface area contributed by atoms with Gasteiger partial charge >= 0.3 is 0 Å². The molecule has 2 heterocycles. The van der Waals surface area contributed by atoms with Crippen molar-refractivity contribution in [2.45, 2.75) is 13.3 Å². The van der Waals surface area contributed by atoms with Crippen LogP contribution in [0.3, 0.4) is 0 Å². The van der Waals surface area contributed by atoms with Gasteiger partial charge in [-0.05, 0) is 17.4 Å². The Morgan fingerprint density at radius 2 is 2.04 bits per heavy atom. The molecule has 1 aromatic carbocycles. The van der Waals surface area contributed by atoms with Crippen molar-refractivity contribution in [3.05, 3.63) is 60.2 Å². The van der Waals surface area contributed by atoms with E-state index in [1.807, 2.05) is 24.5 Å². The van der Waals surface area contributed by atoms with E-state index in [1.54, 1.807) is 10.9 Å². The Balaban J connectivity index is 2.10. The van der Waals surface area contributed by atoms with Crippen LogP contribution in [0.2, 0.25) is 0 Å². The monoisotopic (exact) mass is 306 g/mol. The summed E-state index contributed by atoms with van der Waals surface area (Å²) < 4.78 is 1.73. The molecule has 0 spiro atoms. The Morgan fingerprint density at radius 1 is 1.26 bits per heavy atom. The SMILES string of the molecule is CCc1cnc(-n2cc(/C(N)=C/N=CN)cn2)c2ccccc12.